The summed E-state index contributed by atoms with van der Waals surface area (Å²) in [6.45, 7) is 3.60. The minimum atomic E-state index is 0.0862. The van der Waals surface area contributed by atoms with Crippen LogP contribution in [0.5, 0.6) is 0 Å². The highest BCUT2D eigenvalue weighted by molar-refractivity contribution is 5.80. The molecule has 1 N–H and O–H groups in total. The maximum absolute atomic E-state index is 12.2. The summed E-state index contributed by atoms with van der Waals surface area (Å²) in [5.74, 6) is 0.700. The quantitative estimate of drug-likeness (QED) is 0.928. The van der Waals surface area contributed by atoms with Gasteiger partial charge in [-0.25, -0.2) is 0 Å². The highest BCUT2D eigenvalue weighted by atomic mass is 16.2. The molecule has 1 aliphatic carbocycles. The zero-order valence-electron chi connectivity index (χ0n) is 13.9. The van der Waals surface area contributed by atoms with Gasteiger partial charge in [0.1, 0.15) is 0 Å². The summed E-state index contributed by atoms with van der Waals surface area (Å²) >= 11 is 0. The van der Waals surface area contributed by atoms with E-state index in [1.54, 1.807) is 0 Å². The molecule has 1 saturated carbocycles. The second-order valence-corrected chi connectivity index (χ2v) is 6.90. The van der Waals surface area contributed by atoms with Crippen LogP contribution < -0.4 is 5.32 Å². The number of nitrogens with one attached hydrogen (secondary N) is 1. The van der Waals surface area contributed by atoms with Gasteiger partial charge in [-0.2, -0.15) is 0 Å². The number of hydrogen-bond acceptors (Lipinski definition) is 2. The van der Waals surface area contributed by atoms with Gasteiger partial charge in [0.05, 0.1) is 6.42 Å². The third-order valence-corrected chi connectivity index (χ3v) is 5.24. The van der Waals surface area contributed by atoms with Crippen molar-refractivity contribution in [1.29, 1.82) is 0 Å². The number of aryl methyl sites for hydroxylation is 1. The molecule has 0 radical (unpaired) electrons. The first-order valence-corrected chi connectivity index (χ1v) is 8.76. The molecule has 0 bridgehead atoms. The van der Waals surface area contributed by atoms with E-state index in [1.807, 2.05) is 36.1 Å². The van der Waals surface area contributed by atoms with E-state index in [0.29, 0.717) is 12.3 Å². The molecule has 1 aromatic carbocycles. The molecular formula is C19H26N2O2. The van der Waals surface area contributed by atoms with Crippen molar-refractivity contribution in [3.05, 3.63) is 35.4 Å². The third-order valence-electron chi connectivity index (χ3n) is 5.24. The number of carbonyl (C=O) groups excluding carboxylic acids is 2. The zero-order chi connectivity index (χ0) is 16.2. The van der Waals surface area contributed by atoms with Crippen molar-refractivity contribution in [2.45, 2.75) is 51.5 Å². The minimum absolute atomic E-state index is 0.0862. The Morgan fingerprint density at radius 1 is 1.13 bits per heavy atom. The molecule has 2 aliphatic rings. The predicted octanol–water partition coefficient (Wildman–Crippen LogP) is 2.44. The Balaban J connectivity index is 1.44. The molecule has 23 heavy (non-hydrogen) atoms. The second-order valence-electron chi connectivity index (χ2n) is 6.90. The SMILES string of the molecule is Cc1ccccc1CC(=O)NC1CCN(C(=O)C2CCC2)CC1. The number of benzene rings is 1. The van der Waals surface area contributed by atoms with Gasteiger partial charge in [-0.1, -0.05) is 30.7 Å². The Bertz CT molecular complexity index is 572. The maximum atomic E-state index is 12.2. The van der Waals surface area contributed by atoms with Crippen molar-refractivity contribution in [2.24, 2.45) is 5.92 Å². The second kappa shape index (κ2) is 7.16. The molecule has 1 aliphatic heterocycles. The molecule has 2 fully saturated rings. The van der Waals surface area contributed by atoms with E-state index >= 15 is 0 Å². The monoisotopic (exact) mass is 314 g/mol. The minimum Gasteiger partial charge on any atom is -0.353 e. The fraction of sp³-hybridized carbons (Fsp3) is 0.579. The van der Waals surface area contributed by atoms with Crippen molar-refractivity contribution in [1.82, 2.24) is 10.2 Å². The summed E-state index contributed by atoms with van der Waals surface area (Å²) in [5.41, 5.74) is 2.24. The zero-order valence-corrected chi connectivity index (χ0v) is 13.9. The van der Waals surface area contributed by atoms with Crippen LogP contribution in [0.3, 0.4) is 0 Å². The van der Waals surface area contributed by atoms with E-state index in [1.165, 1.54) is 6.42 Å². The highest BCUT2D eigenvalue weighted by Crippen LogP contribution is 2.29. The molecule has 4 nitrogen and oxygen atoms in total. The normalized spacial score (nSPS) is 19.3. The van der Waals surface area contributed by atoms with Crippen LogP contribution in [0.25, 0.3) is 0 Å². The first-order valence-electron chi connectivity index (χ1n) is 8.76. The summed E-state index contributed by atoms with van der Waals surface area (Å²) in [4.78, 5) is 26.4. The summed E-state index contributed by atoms with van der Waals surface area (Å²) in [5, 5.41) is 3.13. The molecule has 0 aromatic heterocycles. The molecule has 0 spiro atoms. The van der Waals surface area contributed by atoms with E-state index < -0.39 is 0 Å². The lowest BCUT2D eigenvalue weighted by atomic mass is 9.84. The molecule has 1 heterocycles. The standard InChI is InChI=1S/C19H26N2O2/c1-14-5-2-3-6-16(14)13-18(22)20-17-9-11-21(12-10-17)19(23)15-7-4-8-15/h2-3,5-6,15,17H,4,7-13H2,1H3,(H,20,22). The number of piperidine rings is 1. The lowest BCUT2D eigenvalue weighted by Crippen LogP contribution is -2.49. The van der Waals surface area contributed by atoms with Crippen molar-refractivity contribution in [2.75, 3.05) is 13.1 Å². The molecule has 0 atom stereocenters. The van der Waals surface area contributed by atoms with Crippen molar-refractivity contribution in [3.63, 3.8) is 0 Å². The Labute approximate surface area is 138 Å². The van der Waals surface area contributed by atoms with Gasteiger partial charge in [-0.3, -0.25) is 9.59 Å². The number of hydrogen-bond donors (Lipinski definition) is 1. The largest absolute Gasteiger partial charge is 0.353 e. The topological polar surface area (TPSA) is 49.4 Å². The van der Waals surface area contributed by atoms with E-state index in [4.69, 9.17) is 0 Å². The van der Waals surface area contributed by atoms with Crippen LogP contribution in [0.1, 0.15) is 43.2 Å². The number of likely N-dealkylation sites (tertiary alicyclic amines) is 1. The first kappa shape index (κ1) is 16.0. The molecule has 3 rings (SSSR count). The molecule has 124 valence electrons. The molecule has 1 aromatic rings. The van der Waals surface area contributed by atoms with Crippen LogP contribution in [0.2, 0.25) is 0 Å². The molecular weight excluding hydrogens is 288 g/mol. The van der Waals surface area contributed by atoms with Gasteiger partial charge in [-0.05, 0) is 43.7 Å². The number of amides is 2. The van der Waals surface area contributed by atoms with Gasteiger partial charge in [0.15, 0.2) is 0 Å². The number of rotatable bonds is 4. The summed E-state index contributed by atoms with van der Waals surface area (Å²) in [6, 6.07) is 8.21. The van der Waals surface area contributed by atoms with Gasteiger partial charge in [0.25, 0.3) is 0 Å². The van der Waals surface area contributed by atoms with Crippen LogP contribution in [0, 0.1) is 12.8 Å². The van der Waals surface area contributed by atoms with Crippen molar-refractivity contribution < 1.29 is 9.59 Å². The predicted molar refractivity (Wildman–Crippen MR) is 90.0 cm³/mol. The fourth-order valence-electron chi connectivity index (χ4n) is 3.42. The van der Waals surface area contributed by atoms with Crippen LogP contribution in [0.4, 0.5) is 0 Å². The average molecular weight is 314 g/mol. The lowest BCUT2D eigenvalue weighted by Gasteiger charge is -2.36. The maximum Gasteiger partial charge on any atom is 0.225 e. The summed E-state index contributed by atoms with van der Waals surface area (Å²) in [7, 11) is 0. The van der Waals surface area contributed by atoms with Crippen LogP contribution >= 0.6 is 0 Å². The average Bonchev–Trinajstić information content (AvgIpc) is 2.48. The van der Waals surface area contributed by atoms with E-state index in [0.717, 1.165) is 49.9 Å². The van der Waals surface area contributed by atoms with E-state index in [2.05, 4.69) is 5.32 Å². The van der Waals surface area contributed by atoms with Crippen LogP contribution in [0.15, 0.2) is 24.3 Å². The Kier molecular flexibility index (Phi) is 4.99. The summed E-state index contributed by atoms with van der Waals surface area (Å²) < 4.78 is 0. The number of carbonyl (C=O) groups is 2. The Hall–Kier alpha value is -1.84. The van der Waals surface area contributed by atoms with Crippen molar-refractivity contribution in [3.8, 4) is 0 Å². The van der Waals surface area contributed by atoms with Gasteiger partial charge in [-0.15, -0.1) is 0 Å². The van der Waals surface area contributed by atoms with Crippen LogP contribution in [-0.4, -0.2) is 35.8 Å². The van der Waals surface area contributed by atoms with E-state index in [-0.39, 0.29) is 17.9 Å². The lowest BCUT2D eigenvalue weighted by molar-refractivity contribution is -0.139. The van der Waals surface area contributed by atoms with Crippen molar-refractivity contribution >= 4 is 11.8 Å². The van der Waals surface area contributed by atoms with E-state index in [9.17, 15) is 9.59 Å². The van der Waals surface area contributed by atoms with Gasteiger partial charge < -0.3 is 10.2 Å². The molecule has 1 saturated heterocycles. The number of nitrogens with zero attached hydrogens (tertiary/aromatic N) is 1. The summed E-state index contributed by atoms with van der Waals surface area (Å²) in [6.07, 6.45) is 5.50. The Morgan fingerprint density at radius 3 is 2.43 bits per heavy atom. The van der Waals surface area contributed by atoms with Gasteiger partial charge in [0.2, 0.25) is 11.8 Å². The van der Waals surface area contributed by atoms with Crippen LogP contribution in [-0.2, 0) is 16.0 Å². The van der Waals surface area contributed by atoms with Gasteiger partial charge in [0, 0.05) is 25.0 Å². The third kappa shape index (κ3) is 3.92. The molecule has 0 unspecified atom stereocenters. The fourth-order valence-corrected chi connectivity index (χ4v) is 3.42. The Morgan fingerprint density at radius 2 is 1.83 bits per heavy atom. The first-order chi connectivity index (χ1) is 11.1. The highest BCUT2D eigenvalue weighted by Gasteiger charge is 2.31. The van der Waals surface area contributed by atoms with Gasteiger partial charge >= 0.3 is 0 Å². The smallest absolute Gasteiger partial charge is 0.225 e. The molecule has 4 heteroatoms. The molecule has 2 amide bonds.